The van der Waals surface area contributed by atoms with Crippen molar-refractivity contribution in [2.45, 2.75) is 24.9 Å². The molecule has 0 aliphatic heterocycles. The number of pyridine rings is 1. The maximum Gasteiger partial charge on any atom is 0.179 e. The minimum absolute atomic E-state index is 0.810. The van der Waals surface area contributed by atoms with Gasteiger partial charge in [0.25, 0.3) is 0 Å². The largest absolute Gasteiger partial charge is 0.332 e. The molecule has 19 heavy (non-hydrogen) atoms. The molecule has 0 saturated carbocycles. The quantitative estimate of drug-likeness (QED) is 0.552. The Bertz CT molecular complexity index is 658. The number of fused-ring (bicyclic) bond motifs is 1. The molecule has 3 heterocycles. The number of thiophene rings is 1. The summed E-state index contributed by atoms with van der Waals surface area (Å²) >= 11 is 3.47. The van der Waals surface area contributed by atoms with Crippen molar-refractivity contribution in [2.75, 3.05) is 5.75 Å². The van der Waals surface area contributed by atoms with Crippen LogP contribution in [-0.2, 0) is 0 Å². The summed E-state index contributed by atoms with van der Waals surface area (Å²) in [5.74, 6) is 1.11. The van der Waals surface area contributed by atoms with Crippen molar-refractivity contribution in [2.24, 2.45) is 0 Å². The number of unbranched alkanes of at least 4 members (excludes halogenated alkanes) is 1. The summed E-state index contributed by atoms with van der Waals surface area (Å²) in [4.78, 5) is 13.7. The zero-order valence-corrected chi connectivity index (χ0v) is 12.4. The van der Waals surface area contributed by atoms with Crippen molar-refractivity contribution in [3.63, 3.8) is 0 Å². The summed E-state index contributed by atoms with van der Waals surface area (Å²) in [6.45, 7) is 2.20. The summed E-state index contributed by atoms with van der Waals surface area (Å²) in [5.41, 5.74) is 2.82. The lowest BCUT2D eigenvalue weighted by Gasteiger charge is -1.94. The highest BCUT2D eigenvalue weighted by molar-refractivity contribution is 7.99. The predicted molar refractivity (Wildman–Crippen MR) is 82.8 cm³/mol. The molecule has 0 radical (unpaired) electrons. The standard InChI is InChI=1S/C14H15N3S2/c1-2-3-8-19-14-16-11-7-6-10(15-13(11)17-14)12-5-4-9-18-12/h4-7,9H,2-3,8H2,1H3,(H,15,16,17). The van der Waals surface area contributed by atoms with Crippen LogP contribution in [0.4, 0.5) is 0 Å². The molecule has 3 nitrogen and oxygen atoms in total. The molecule has 5 heteroatoms. The molecule has 3 rings (SSSR count). The van der Waals surface area contributed by atoms with Gasteiger partial charge in [0.05, 0.1) is 16.1 Å². The average molecular weight is 289 g/mol. The zero-order valence-electron chi connectivity index (χ0n) is 10.7. The fourth-order valence-corrected chi connectivity index (χ4v) is 3.47. The fourth-order valence-electron chi connectivity index (χ4n) is 1.81. The number of hydrogen-bond acceptors (Lipinski definition) is 4. The van der Waals surface area contributed by atoms with Crippen LogP contribution >= 0.6 is 23.1 Å². The summed E-state index contributed by atoms with van der Waals surface area (Å²) in [6, 6.07) is 8.24. The van der Waals surface area contributed by atoms with E-state index in [0.717, 1.165) is 27.8 Å². The van der Waals surface area contributed by atoms with Gasteiger partial charge in [0, 0.05) is 5.75 Å². The van der Waals surface area contributed by atoms with Gasteiger partial charge in [-0.15, -0.1) is 11.3 Å². The first kappa shape index (κ1) is 12.7. The number of hydrogen-bond donors (Lipinski definition) is 1. The molecule has 0 unspecified atom stereocenters. The summed E-state index contributed by atoms with van der Waals surface area (Å²) in [6.07, 6.45) is 2.43. The molecule has 0 aromatic carbocycles. The Morgan fingerprint density at radius 2 is 2.21 bits per heavy atom. The normalized spacial score (nSPS) is 11.2. The van der Waals surface area contributed by atoms with Crippen LogP contribution in [0.1, 0.15) is 19.8 Å². The smallest absolute Gasteiger partial charge is 0.179 e. The van der Waals surface area contributed by atoms with Crippen LogP contribution < -0.4 is 0 Å². The van der Waals surface area contributed by atoms with E-state index in [2.05, 4.69) is 39.4 Å². The lowest BCUT2D eigenvalue weighted by Crippen LogP contribution is -1.81. The van der Waals surface area contributed by atoms with E-state index in [1.807, 2.05) is 12.1 Å². The van der Waals surface area contributed by atoms with Gasteiger partial charge in [-0.1, -0.05) is 31.2 Å². The lowest BCUT2D eigenvalue weighted by atomic mass is 10.3. The van der Waals surface area contributed by atoms with Crippen LogP contribution in [0.3, 0.4) is 0 Å². The fraction of sp³-hybridized carbons (Fsp3) is 0.286. The third-order valence-corrected chi connectivity index (χ3v) is 4.69. The van der Waals surface area contributed by atoms with Crippen LogP contribution in [0.5, 0.6) is 0 Å². The van der Waals surface area contributed by atoms with E-state index in [1.165, 1.54) is 17.7 Å². The number of nitrogens with one attached hydrogen (secondary N) is 1. The molecule has 1 N–H and O–H groups in total. The van der Waals surface area contributed by atoms with Gasteiger partial charge in [-0.2, -0.15) is 0 Å². The van der Waals surface area contributed by atoms with Gasteiger partial charge in [-0.25, -0.2) is 9.97 Å². The third kappa shape index (κ3) is 2.82. The zero-order chi connectivity index (χ0) is 13.1. The van der Waals surface area contributed by atoms with E-state index in [4.69, 9.17) is 0 Å². The number of thioether (sulfide) groups is 1. The maximum absolute atomic E-state index is 4.62. The van der Waals surface area contributed by atoms with Crippen molar-refractivity contribution in [1.29, 1.82) is 0 Å². The highest BCUT2D eigenvalue weighted by Crippen LogP contribution is 2.25. The molecule has 98 valence electrons. The van der Waals surface area contributed by atoms with Gasteiger partial charge in [-0.05, 0) is 30.0 Å². The Balaban J connectivity index is 1.87. The van der Waals surface area contributed by atoms with Gasteiger partial charge in [0.2, 0.25) is 0 Å². The first-order valence-electron chi connectivity index (χ1n) is 6.40. The maximum atomic E-state index is 4.62. The molecule has 3 aromatic heterocycles. The van der Waals surface area contributed by atoms with Crippen molar-refractivity contribution >= 4 is 34.3 Å². The number of nitrogens with zero attached hydrogens (tertiary/aromatic N) is 2. The van der Waals surface area contributed by atoms with Crippen molar-refractivity contribution in [3.8, 4) is 10.6 Å². The average Bonchev–Trinajstić information content (AvgIpc) is 3.07. The van der Waals surface area contributed by atoms with Crippen molar-refractivity contribution < 1.29 is 0 Å². The van der Waals surface area contributed by atoms with Crippen molar-refractivity contribution in [1.82, 2.24) is 15.0 Å². The molecule has 0 spiro atoms. The first-order valence-corrected chi connectivity index (χ1v) is 8.27. The SMILES string of the molecule is CCCCSc1nc2nc(-c3cccs3)ccc2[nH]1. The van der Waals surface area contributed by atoms with Crippen LogP contribution in [-0.4, -0.2) is 20.7 Å². The molecule has 3 aromatic rings. The number of aromatic nitrogens is 3. The summed E-state index contributed by atoms with van der Waals surface area (Å²) < 4.78 is 0. The molecule has 0 aliphatic carbocycles. The van der Waals surface area contributed by atoms with Crippen LogP contribution in [0, 0.1) is 0 Å². The minimum Gasteiger partial charge on any atom is -0.332 e. The van der Waals surface area contributed by atoms with E-state index < -0.39 is 0 Å². The molecule has 0 atom stereocenters. The van der Waals surface area contributed by atoms with Crippen LogP contribution in [0.2, 0.25) is 0 Å². The Hall–Kier alpha value is -1.33. The van der Waals surface area contributed by atoms with Crippen LogP contribution in [0.25, 0.3) is 21.7 Å². The molecule has 0 amide bonds. The second-order valence-corrected chi connectivity index (χ2v) is 6.32. The Morgan fingerprint density at radius 1 is 1.26 bits per heavy atom. The molecule has 0 fully saturated rings. The topological polar surface area (TPSA) is 41.6 Å². The second-order valence-electron chi connectivity index (χ2n) is 4.29. The number of imidazole rings is 1. The molecule has 0 saturated heterocycles. The van der Waals surface area contributed by atoms with Gasteiger partial charge in [-0.3, -0.25) is 0 Å². The Labute approximate surface area is 120 Å². The van der Waals surface area contributed by atoms with E-state index >= 15 is 0 Å². The highest BCUT2D eigenvalue weighted by Gasteiger charge is 2.07. The Morgan fingerprint density at radius 3 is 3.00 bits per heavy atom. The number of aromatic amines is 1. The minimum atomic E-state index is 0.810. The highest BCUT2D eigenvalue weighted by atomic mass is 32.2. The number of H-pyrrole nitrogens is 1. The second kappa shape index (κ2) is 5.75. The first-order chi connectivity index (χ1) is 9.36. The lowest BCUT2D eigenvalue weighted by molar-refractivity contribution is 0.893. The van der Waals surface area contributed by atoms with Gasteiger partial charge < -0.3 is 4.98 Å². The molecular weight excluding hydrogens is 274 g/mol. The Kier molecular flexibility index (Phi) is 3.84. The van der Waals surface area contributed by atoms with E-state index in [1.54, 1.807) is 23.1 Å². The van der Waals surface area contributed by atoms with Crippen molar-refractivity contribution in [3.05, 3.63) is 29.6 Å². The van der Waals surface area contributed by atoms with Crippen LogP contribution in [0.15, 0.2) is 34.8 Å². The number of rotatable bonds is 5. The third-order valence-electron chi connectivity index (χ3n) is 2.83. The molecule has 0 bridgehead atoms. The molecular formula is C14H15N3S2. The van der Waals surface area contributed by atoms with Gasteiger partial charge in [0.1, 0.15) is 0 Å². The van der Waals surface area contributed by atoms with E-state index in [0.29, 0.717) is 0 Å². The predicted octanol–water partition coefficient (Wildman–Crippen LogP) is 4.58. The van der Waals surface area contributed by atoms with E-state index in [9.17, 15) is 0 Å². The van der Waals surface area contributed by atoms with Gasteiger partial charge >= 0.3 is 0 Å². The summed E-state index contributed by atoms with van der Waals surface area (Å²) in [5, 5.41) is 3.04. The monoisotopic (exact) mass is 289 g/mol. The van der Waals surface area contributed by atoms with E-state index in [-0.39, 0.29) is 0 Å². The summed E-state index contributed by atoms with van der Waals surface area (Å²) in [7, 11) is 0. The molecule has 0 aliphatic rings. The van der Waals surface area contributed by atoms with Gasteiger partial charge in [0.15, 0.2) is 10.8 Å².